The smallest absolute Gasteiger partial charge is 0.273 e. The van der Waals surface area contributed by atoms with Crippen LogP contribution in [0.2, 0.25) is 0 Å². The fourth-order valence-electron chi connectivity index (χ4n) is 2.44. The second kappa shape index (κ2) is 7.43. The summed E-state index contributed by atoms with van der Waals surface area (Å²) in [6.07, 6.45) is 1.91. The number of rotatable bonds is 7. The van der Waals surface area contributed by atoms with Crippen LogP contribution in [0.25, 0.3) is 0 Å². The highest BCUT2D eigenvalue weighted by Crippen LogP contribution is 2.38. The molecule has 0 saturated heterocycles. The van der Waals surface area contributed by atoms with Crippen molar-refractivity contribution in [1.82, 2.24) is 4.31 Å². The van der Waals surface area contributed by atoms with Crippen molar-refractivity contribution >= 4 is 28.1 Å². The zero-order chi connectivity index (χ0) is 16.5. The molecule has 0 aromatic heterocycles. The molecule has 1 fully saturated rings. The van der Waals surface area contributed by atoms with Crippen LogP contribution in [-0.4, -0.2) is 44.4 Å². The number of ether oxygens (including phenoxy) is 1. The van der Waals surface area contributed by atoms with Gasteiger partial charge in [0, 0.05) is 25.7 Å². The van der Waals surface area contributed by atoms with Gasteiger partial charge in [-0.1, -0.05) is 0 Å². The first-order valence-corrected chi connectivity index (χ1v) is 8.27. The largest absolute Gasteiger partial charge is 0.495 e. The second-order valence-electron chi connectivity index (χ2n) is 5.25. The van der Waals surface area contributed by atoms with Gasteiger partial charge in [0.2, 0.25) is 10.0 Å². The summed E-state index contributed by atoms with van der Waals surface area (Å²) in [6.45, 7) is 0.232. The summed E-state index contributed by atoms with van der Waals surface area (Å²) >= 11 is 0. The zero-order valence-corrected chi connectivity index (χ0v) is 14.5. The van der Waals surface area contributed by atoms with Crippen LogP contribution in [0.4, 0.5) is 5.69 Å². The Labute approximate surface area is 141 Å². The minimum atomic E-state index is -3.83. The van der Waals surface area contributed by atoms with Crippen molar-refractivity contribution in [2.24, 2.45) is 11.7 Å². The Balaban J connectivity index is 0.00000264. The molecule has 0 bridgehead atoms. The molecule has 23 heavy (non-hydrogen) atoms. The number of hydrogen-bond acceptors (Lipinski definition) is 6. The first kappa shape index (κ1) is 19.6. The lowest BCUT2D eigenvalue weighted by atomic mass is 10.2. The highest BCUT2D eigenvalue weighted by Gasteiger charge is 2.39. The Morgan fingerprint density at radius 3 is 2.52 bits per heavy atom. The average molecular weight is 366 g/mol. The molecular weight excluding hydrogens is 346 g/mol. The number of likely N-dealkylation sites (N-methyl/N-ethyl adjacent to an activating group) is 1. The van der Waals surface area contributed by atoms with Crippen molar-refractivity contribution in [2.45, 2.75) is 23.8 Å². The van der Waals surface area contributed by atoms with Crippen LogP contribution < -0.4 is 10.5 Å². The first-order valence-electron chi connectivity index (χ1n) is 6.83. The molecule has 1 aliphatic carbocycles. The molecule has 0 amide bonds. The van der Waals surface area contributed by atoms with Crippen LogP contribution in [-0.2, 0) is 10.0 Å². The molecule has 8 nitrogen and oxygen atoms in total. The zero-order valence-electron chi connectivity index (χ0n) is 12.8. The van der Waals surface area contributed by atoms with Gasteiger partial charge in [-0.25, -0.2) is 8.42 Å². The SMILES string of the molecule is COc1cc([N+](=O)[O-])ccc1S(=O)(=O)N(C)C(CN)C1CC1.Cl. The Bertz CT molecular complexity index is 678. The molecule has 1 aromatic carbocycles. The number of hydrogen-bond donors (Lipinski definition) is 1. The number of methoxy groups -OCH3 is 1. The molecule has 130 valence electrons. The molecule has 2 N–H and O–H groups in total. The van der Waals surface area contributed by atoms with Crippen LogP contribution in [0.1, 0.15) is 12.8 Å². The van der Waals surface area contributed by atoms with E-state index in [1.807, 2.05) is 0 Å². The van der Waals surface area contributed by atoms with Gasteiger partial charge in [-0.15, -0.1) is 12.4 Å². The monoisotopic (exact) mass is 365 g/mol. The lowest BCUT2D eigenvalue weighted by molar-refractivity contribution is -0.385. The Hall–Kier alpha value is -1.42. The van der Waals surface area contributed by atoms with Crippen molar-refractivity contribution in [3.8, 4) is 5.75 Å². The van der Waals surface area contributed by atoms with Crippen molar-refractivity contribution in [3.05, 3.63) is 28.3 Å². The van der Waals surface area contributed by atoms with E-state index in [4.69, 9.17) is 10.5 Å². The molecule has 0 spiro atoms. The van der Waals surface area contributed by atoms with E-state index in [-0.39, 0.29) is 47.2 Å². The molecule has 1 unspecified atom stereocenters. The lowest BCUT2D eigenvalue weighted by Gasteiger charge is -2.26. The van der Waals surface area contributed by atoms with E-state index in [2.05, 4.69) is 0 Å². The summed E-state index contributed by atoms with van der Waals surface area (Å²) in [7, 11) is -1.08. The summed E-state index contributed by atoms with van der Waals surface area (Å²) in [5.41, 5.74) is 5.47. The van der Waals surface area contributed by atoms with E-state index < -0.39 is 14.9 Å². The third kappa shape index (κ3) is 3.92. The number of sulfonamides is 1. The number of nitrogens with two attached hydrogens (primary N) is 1. The van der Waals surface area contributed by atoms with Gasteiger partial charge in [-0.2, -0.15) is 4.31 Å². The van der Waals surface area contributed by atoms with E-state index in [0.717, 1.165) is 25.0 Å². The minimum Gasteiger partial charge on any atom is -0.495 e. The third-order valence-electron chi connectivity index (χ3n) is 3.89. The topological polar surface area (TPSA) is 116 Å². The maximum Gasteiger partial charge on any atom is 0.273 e. The van der Waals surface area contributed by atoms with Crippen LogP contribution in [0.5, 0.6) is 5.75 Å². The first-order chi connectivity index (χ1) is 10.3. The van der Waals surface area contributed by atoms with Gasteiger partial charge in [-0.05, 0) is 24.8 Å². The van der Waals surface area contributed by atoms with Crippen molar-refractivity contribution in [2.75, 3.05) is 20.7 Å². The van der Waals surface area contributed by atoms with E-state index in [0.29, 0.717) is 0 Å². The van der Waals surface area contributed by atoms with Gasteiger partial charge in [0.25, 0.3) is 5.69 Å². The summed E-state index contributed by atoms with van der Waals surface area (Å²) in [5.74, 6) is 0.224. The molecule has 2 rings (SSSR count). The minimum absolute atomic E-state index is 0. The lowest BCUT2D eigenvalue weighted by Crippen LogP contribution is -2.43. The Kier molecular flexibility index (Phi) is 6.34. The van der Waals surface area contributed by atoms with Crippen LogP contribution in [0.15, 0.2) is 23.1 Å². The molecule has 0 radical (unpaired) electrons. The number of non-ortho nitro benzene ring substituents is 1. The predicted octanol–water partition coefficient (Wildman–Crippen LogP) is 1.38. The molecule has 1 saturated carbocycles. The average Bonchev–Trinajstić information content (AvgIpc) is 3.31. The van der Waals surface area contributed by atoms with Crippen molar-refractivity contribution in [1.29, 1.82) is 0 Å². The number of nitro benzene ring substituents is 1. The molecule has 0 aliphatic heterocycles. The van der Waals surface area contributed by atoms with Crippen LogP contribution in [0.3, 0.4) is 0 Å². The van der Waals surface area contributed by atoms with Gasteiger partial charge in [0.1, 0.15) is 10.6 Å². The van der Waals surface area contributed by atoms with E-state index in [1.165, 1.54) is 24.5 Å². The number of benzene rings is 1. The summed E-state index contributed by atoms with van der Waals surface area (Å²) < 4.78 is 31.8. The third-order valence-corrected chi connectivity index (χ3v) is 5.81. The highest BCUT2D eigenvalue weighted by molar-refractivity contribution is 7.89. The molecule has 1 atom stereocenters. The fraction of sp³-hybridized carbons (Fsp3) is 0.538. The molecular formula is C13H20ClN3O5S. The predicted molar refractivity (Wildman–Crippen MR) is 87.4 cm³/mol. The number of nitrogens with zero attached hydrogens (tertiary/aromatic N) is 2. The maximum absolute atomic E-state index is 12.7. The van der Waals surface area contributed by atoms with Gasteiger partial charge in [0.15, 0.2) is 0 Å². The fourth-order valence-corrected chi connectivity index (χ4v) is 4.00. The molecule has 1 aliphatic rings. The number of halogens is 1. The summed E-state index contributed by atoms with van der Waals surface area (Å²) in [5, 5.41) is 10.8. The van der Waals surface area contributed by atoms with Crippen molar-refractivity contribution < 1.29 is 18.1 Å². The molecule has 10 heteroatoms. The van der Waals surface area contributed by atoms with Gasteiger partial charge in [-0.3, -0.25) is 10.1 Å². The quantitative estimate of drug-likeness (QED) is 0.576. The van der Waals surface area contributed by atoms with E-state index in [9.17, 15) is 18.5 Å². The second-order valence-corrected chi connectivity index (χ2v) is 7.22. The summed E-state index contributed by atoms with van der Waals surface area (Å²) in [4.78, 5) is 10.1. The van der Waals surface area contributed by atoms with Crippen molar-refractivity contribution in [3.63, 3.8) is 0 Å². The van der Waals surface area contributed by atoms with E-state index >= 15 is 0 Å². The standard InChI is InChI=1S/C13H19N3O5S.ClH/c1-15(11(8-14)9-3-4-9)22(19,20)13-6-5-10(16(17)18)7-12(13)21-2;/h5-7,9,11H,3-4,8,14H2,1-2H3;1H. The Morgan fingerprint density at radius 2 is 2.09 bits per heavy atom. The molecule has 1 aromatic rings. The van der Waals surface area contributed by atoms with Gasteiger partial charge >= 0.3 is 0 Å². The number of nitro groups is 1. The normalized spacial score (nSPS) is 15.8. The van der Waals surface area contributed by atoms with Crippen LogP contribution >= 0.6 is 12.4 Å². The summed E-state index contributed by atoms with van der Waals surface area (Å²) in [6, 6.07) is 3.18. The van der Waals surface area contributed by atoms with Gasteiger partial charge < -0.3 is 10.5 Å². The highest BCUT2D eigenvalue weighted by atomic mass is 35.5. The molecule has 0 heterocycles. The van der Waals surface area contributed by atoms with Crippen LogP contribution in [0, 0.1) is 16.0 Å². The van der Waals surface area contributed by atoms with E-state index in [1.54, 1.807) is 0 Å². The Morgan fingerprint density at radius 1 is 1.48 bits per heavy atom. The maximum atomic E-state index is 12.7. The van der Waals surface area contributed by atoms with Gasteiger partial charge in [0.05, 0.1) is 18.1 Å².